The van der Waals surface area contributed by atoms with Crippen molar-refractivity contribution in [2.75, 3.05) is 11.9 Å². The van der Waals surface area contributed by atoms with Gasteiger partial charge in [-0.3, -0.25) is 0 Å². The molecule has 14 heavy (non-hydrogen) atoms. The molecular formula is C12H13NS. The highest BCUT2D eigenvalue weighted by Crippen LogP contribution is 2.29. The van der Waals surface area contributed by atoms with Crippen LogP contribution in [0, 0.1) is 6.92 Å². The number of para-hydroxylation sites is 1. The maximum absolute atomic E-state index is 2.21. The van der Waals surface area contributed by atoms with Gasteiger partial charge in [0.2, 0.25) is 0 Å². The van der Waals surface area contributed by atoms with E-state index in [1.807, 2.05) is 17.4 Å². The second-order valence-corrected chi connectivity index (χ2v) is 4.55. The van der Waals surface area contributed by atoms with Crippen LogP contribution in [-0.2, 0) is 0 Å². The first-order valence-electron chi connectivity index (χ1n) is 4.62. The third-order valence-electron chi connectivity index (χ3n) is 2.20. The molecular weight excluding hydrogens is 190 g/mol. The average Bonchev–Trinajstić information content (AvgIpc) is 2.65. The summed E-state index contributed by atoms with van der Waals surface area (Å²) in [5, 5.41) is 1.29. The molecule has 2 heteroatoms. The Morgan fingerprint density at radius 1 is 1.00 bits per heavy atom. The zero-order chi connectivity index (χ0) is 9.97. The smallest absolute Gasteiger partial charge is 0.0953 e. The van der Waals surface area contributed by atoms with Crippen molar-refractivity contribution in [2.45, 2.75) is 6.92 Å². The molecule has 0 aliphatic carbocycles. The second-order valence-electron chi connectivity index (χ2n) is 3.28. The number of nitrogens with zero attached hydrogens (tertiary/aromatic N) is 1. The topological polar surface area (TPSA) is 3.24 Å². The number of hydrogen-bond acceptors (Lipinski definition) is 2. The highest BCUT2D eigenvalue weighted by atomic mass is 32.1. The number of anilines is 2. The normalized spacial score (nSPS) is 10.1. The Kier molecular flexibility index (Phi) is 2.55. The van der Waals surface area contributed by atoms with E-state index in [0.717, 1.165) is 0 Å². The Hall–Kier alpha value is -1.28. The van der Waals surface area contributed by atoms with Crippen molar-refractivity contribution in [3.63, 3.8) is 0 Å². The Morgan fingerprint density at radius 2 is 1.71 bits per heavy atom. The van der Waals surface area contributed by atoms with Crippen LogP contribution in [0.2, 0.25) is 0 Å². The predicted octanol–water partition coefficient (Wildman–Crippen LogP) is 3.82. The average molecular weight is 203 g/mol. The molecule has 1 aromatic carbocycles. The predicted molar refractivity (Wildman–Crippen MR) is 63.6 cm³/mol. The third-order valence-corrected chi connectivity index (χ3v) is 3.28. The van der Waals surface area contributed by atoms with Gasteiger partial charge < -0.3 is 4.90 Å². The van der Waals surface area contributed by atoms with Crippen molar-refractivity contribution >= 4 is 22.0 Å². The van der Waals surface area contributed by atoms with Crippen LogP contribution in [0.5, 0.6) is 0 Å². The van der Waals surface area contributed by atoms with Crippen molar-refractivity contribution in [3.05, 3.63) is 47.3 Å². The lowest BCUT2D eigenvalue weighted by atomic mass is 10.3. The monoisotopic (exact) mass is 203 g/mol. The Bertz CT molecular complexity index is 405. The van der Waals surface area contributed by atoms with Crippen molar-refractivity contribution < 1.29 is 0 Å². The van der Waals surface area contributed by atoms with Gasteiger partial charge >= 0.3 is 0 Å². The highest BCUT2D eigenvalue weighted by Gasteiger charge is 2.04. The van der Waals surface area contributed by atoms with Gasteiger partial charge in [-0.1, -0.05) is 18.2 Å². The molecule has 0 N–H and O–H groups in total. The zero-order valence-electron chi connectivity index (χ0n) is 8.40. The molecule has 0 unspecified atom stereocenters. The fourth-order valence-electron chi connectivity index (χ4n) is 1.38. The molecule has 2 aromatic rings. The van der Waals surface area contributed by atoms with Gasteiger partial charge in [0.05, 0.1) is 5.00 Å². The van der Waals surface area contributed by atoms with E-state index in [2.05, 4.69) is 55.3 Å². The van der Waals surface area contributed by atoms with E-state index < -0.39 is 0 Å². The molecule has 2 rings (SSSR count). The minimum atomic E-state index is 1.23. The lowest BCUT2D eigenvalue weighted by molar-refractivity contribution is 1.24. The lowest BCUT2D eigenvalue weighted by Gasteiger charge is -2.16. The maximum atomic E-state index is 2.21. The SMILES string of the molecule is Cc1ccc(N(C)c2ccccc2)s1. The summed E-state index contributed by atoms with van der Waals surface area (Å²) in [5.74, 6) is 0. The highest BCUT2D eigenvalue weighted by molar-refractivity contribution is 7.16. The fraction of sp³-hybridized carbons (Fsp3) is 0.167. The molecule has 0 aliphatic heterocycles. The molecule has 0 fully saturated rings. The number of aryl methyl sites for hydroxylation is 1. The Balaban J connectivity index is 2.29. The zero-order valence-corrected chi connectivity index (χ0v) is 9.21. The summed E-state index contributed by atoms with van der Waals surface area (Å²) in [6.45, 7) is 2.13. The number of thiophene rings is 1. The molecule has 1 nitrogen and oxygen atoms in total. The summed E-state index contributed by atoms with van der Waals surface area (Å²) in [5.41, 5.74) is 1.23. The van der Waals surface area contributed by atoms with Gasteiger partial charge in [0.25, 0.3) is 0 Å². The quantitative estimate of drug-likeness (QED) is 0.717. The maximum Gasteiger partial charge on any atom is 0.0953 e. The molecule has 0 amide bonds. The van der Waals surface area contributed by atoms with Crippen LogP contribution in [-0.4, -0.2) is 7.05 Å². The van der Waals surface area contributed by atoms with Crippen LogP contribution in [0.3, 0.4) is 0 Å². The van der Waals surface area contributed by atoms with E-state index >= 15 is 0 Å². The molecule has 0 saturated carbocycles. The summed E-state index contributed by atoms with van der Waals surface area (Å²) >= 11 is 1.82. The van der Waals surface area contributed by atoms with Gasteiger partial charge in [-0.05, 0) is 31.2 Å². The van der Waals surface area contributed by atoms with Gasteiger partial charge in [-0.2, -0.15) is 0 Å². The summed E-state index contributed by atoms with van der Waals surface area (Å²) in [6.07, 6.45) is 0. The van der Waals surface area contributed by atoms with Crippen LogP contribution >= 0.6 is 11.3 Å². The molecule has 0 radical (unpaired) electrons. The minimum Gasteiger partial charge on any atom is -0.336 e. The van der Waals surface area contributed by atoms with E-state index in [1.165, 1.54) is 15.6 Å². The molecule has 1 heterocycles. The van der Waals surface area contributed by atoms with Crippen LogP contribution in [0.4, 0.5) is 10.7 Å². The molecule has 0 aliphatic rings. The van der Waals surface area contributed by atoms with Crippen LogP contribution in [0.25, 0.3) is 0 Å². The van der Waals surface area contributed by atoms with E-state index in [9.17, 15) is 0 Å². The summed E-state index contributed by atoms with van der Waals surface area (Å²) in [4.78, 5) is 3.56. The molecule has 0 atom stereocenters. The summed E-state index contributed by atoms with van der Waals surface area (Å²) < 4.78 is 0. The van der Waals surface area contributed by atoms with E-state index in [4.69, 9.17) is 0 Å². The van der Waals surface area contributed by atoms with Gasteiger partial charge in [0.15, 0.2) is 0 Å². The Morgan fingerprint density at radius 3 is 2.29 bits per heavy atom. The number of rotatable bonds is 2. The van der Waals surface area contributed by atoms with Gasteiger partial charge in [0.1, 0.15) is 0 Å². The first-order valence-corrected chi connectivity index (χ1v) is 5.44. The van der Waals surface area contributed by atoms with Crippen LogP contribution < -0.4 is 4.90 Å². The minimum absolute atomic E-state index is 1.23. The van der Waals surface area contributed by atoms with Crippen LogP contribution in [0.15, 0.2) is 42.5 Å². The molecule has 72 valence electrons. The van der Waals surface area contributed by atoms with Crippen LogP contribution in [0.1, 0.15) is 4.88 Å². The van der Waals surface area contributed by atoms with Gasteiger partial charge in [-0.15, -0.1) is 11.3 Å². The first-order chi connectivity index (χ1) is 6.77. The number of benzene rings is 1. The van der Waals surface area contributed by atoms with E-state index in [-0.39, 0.29) is 0 Å². The first kappa shape index (κ1) is 9.28. The van der Waals surface area contributed by atoms with Crippen molar-refractivity contribution in [3.8, 4) is 0 Å². The molecule has 1 aromatic heterocycles. The molecule has 0 saturated heterocycles. The van der Waals surface area contributed by atoms with Crippen molar-refractivity contribution in [1.82, 2.24) is 0 Å². The van der Waals surface area contributed by atoms with E-state index in [1.54, 1.807) is 0 Å². The largest absolute Gasteiger partial charge is 0.336 e. The van der Waals surface area contributed by atoms with Crippen molar-refractivity contribution in [2.24, 2.45) is 0 Å². The standard InChI is InChI=1S/C12H13NS/c1-10-8-9-12(14-10)13(2)11-6-4-3-5-7-11/h3-9H,1-2H3. The summed E-state index contributed by atoms with van der Waals surface area (Å²) in [7, 11) is 2.10. The van der Waals surface area contributed by atoms with Crippen molar-refractivity contribution in [1.29, 1.82) is 0 Å². The van der Waals surface area contributed by atoms with E-state index in [0.29, 0.717) is 0 Å². The molecule has 0 bridgehead atoms. The summed E-state index contributed by atoms with van der Waals surface area (Å²) in [6, 6.07) is 14.7. The Labute approximate surface area is 88.6 Å². The number of hydrogen-bond donors (Lipinski definition) is 0. The fourth-order valence-corrected chi connectivity index (χ4v) is 2.23. The van der Waals surface area contributed by atoms with Gasteiger partial charge in [0, 0.05) is 17.6 Å². The second kappa shape index (κ2) is 3.84. The third kappa shape index (κ3) is 1.80. The molecule has 0 spiro atoms. The lowest BCUT2D eigenvalue weighted by Crippen LogP contribution is -2.06. The van der Waals surface area contributed by atoms with Gasteiger partial charge in [-0.25, -0.2) is 0 Å².